The molecule has 1 aliphatic rings. The Balaban J connectivity index is 1.92. The Kier molecular flexibility index (Phi) is 8.84. The van der Waals surface area contributed by atoms with Gasteiger partial charge in [0.25, 0.3) is 5.91 Å². The zero-order chi connectivity index (χ0) is 26.3. The number of amides is 3. The number of hydrogen-bond acceptors (Lipinski definition) is 4. The van der Waals surface area contributed by atoms with Crippen molar-refractivity contribution in [2.75, 3.05) is 18.5 Å². The average molecular weight is 503 g/mol. The van der Waals surface area contributed by atoms with Gasteiger partial charge in [-0.2, -0.15) is 13.2 Å². The minimum absolute atomic E-state index is 0.349. The molecule has 0 saturated carbocycles. The lowest BCUT2D eigenvalue weighted by Gasteiger charge is -2.23. The van der Waals surface area contributed by atoms with Gasteiger partial charge in [-0.15, -0.1) is 0 Å². The summed E-state index contributed by atoms with van der Waals surface area (Å²) in [4.78, 5) is 44.5. The van der Waals surface area contributed by atoms with E-state index in [0.29, 0.717) is 35.5 Å². The number of nitrogens with zero attached hydrogens (tertiary/aromatic N) is 2. The lowest BCUT2D eigenvalue weighted by Crippen LogP contribution is -2.48. The molecular formula is C26H29F3N4O3. The number of rotatable bonds is 9. The maximum atomic E-state index is 13.3. The quantitative estimate of drug-likeness (QED) is 0.546. The summed E-state index contributed by atoms with van der Waals surface area (Å²) in [6.07, 6.45) is -7.45. The number of fused-ring (bicyclic) bond motifs is 1. The van der Waals surface area contributed by atoms with Gasteiger partial charge in [0.15, 0.2) is 0 Å². The number of nitrogens with one attached hydrogen (secondary N) is 2. The summed E-state index contributed by atoms with van der Waals surface area (Å²) in [5.41, 5.74) is 2.42. The van der Waals surface area contributed by atoms with E-state index in [1.807, 2.05) is 37.3 Å². The third-order valence-electron chi connectivity index (χ3n) is 5.82. The number of alkyl halides is 3. The summed E-state index contributed by atoms with van der Waals surface area (Å²) in [5, 5.41) is 5.09. The van der Waals surface area contributed by atoms with Crippen molar-refractivity contribution in [1.29, 1.82) is 0 Å². The second-order valence-corrected chi connectivity index (χ2v) is 8.57. The van der Waals surface area contributed by atoms with E-state index < -0.39 is 55.2 Å². The van der Waals surface area contributed by atoms with Gasteiger partial charge in [-0.3, -0.25) is 14.4 Å². The third kappa shape index (κ3) is 6.93. The summed E-state index contributed by atoms with van der Waals surface area (Å²) < 4.78 is 38.8. The molecule has 1 aliphatic heterocycles. The van der Waals surface area contributed by atoms with Crippen LogP contribution in [0.25, 0.3) is 0 Å². The zero-order valence-corrected chi connectivity index (χ0v) is 20.1. The van der Waals surface area contributed by atoms with E-state index in [1.165, 1.54) is 4.90 Å². The van der Waals surface area contributed by atoms with E-state index in [-0.39, 0.29) is 0 Å². The molecule has 2 aromatic carbocycles. The van der Waals surface area contributed by atoms with Gasteiger partial charge in [0, 0.05) is 43.5 Å². The van der Waals surface area contributed by atoms with Gasteiger partial charge in [-0.25, -0.2) is 4.99 Å². The van der Waals surface area contributed by atoms with Crippen LogP contribution in [-0.2, 0) is 14.4 Å². The first-order valence-corrected chi connectivity index (χ1v) is 11.7. The number of benzodiazepines with no additional fused rings is 1. The van der Waals surface area contributed by atoms with E-state index in [0.717, 1.165) is 0 Å². The van der Waals surface area contributed by atoms with Gasteiger partial charge >= 0.3 is 6.18 Å². The van der Waals surface area contributed by atoms with Crippen LogP contribution in [0.3, 0.4) is 0 Å². The van der Waals surface area contributed by atoms with Crippen molar-refractivity contribution in [3.8, 4) is 0 Å². The summed E-state index contributed by atoms with van der Waals surface area (Å²) in [7, 11) is 1.54. The van der Waals surface area contributed by atoms with Crippen molar-refractivity contribution in [2.45, 2.75) is 44.9 Å². The van der Waals surface area contributed by atoms with Crippen molar-refractivity contribution >= 4 is 29.1 Å². The van der Waals surface area contributed by atoms with Crippen LogP contribution < -0.4 is 15.5 Å². The largest absolute Gasteiger partial charge is 0.389 e. The zero-order valence-electron chi connectivity index (χ0n) is 20.1. The van der Waals surface area contributed by atoms with Crippen molar-refractivity contribution in [3.05, 3.63) is 65.7 Å². The SMILES string of the molecule is CCCNC(=O)C[C@H](CCC(F)(F)F)C(=O)N[C@H]1N=C(c2ccccc2)c2ccccc2N(C)C1=O. The number of benzene rings is 2. The molecule has 0 fully saturated rings. The van der Waals surface area contributed by atoms with Crippen molar-refractivity contribution in [3.63, 3.8) is 0 Å². The van der Waals surface area contributed by atoms with E-state index in [4.69, 9.17) is 0 Å². The molecule has 0 aromatic heterocycles. The molecule has 1 heterocycles. The van der Waals surface area contributed by atoms with Gasteiger partial charge in [-0.1, -0.05) is 55.5 Å². The molecule has 2 N–H and O–H groups in total. The van der Waals surface area contributed by atoms with Crippen molar-refractivity contribution < 1.29 is 27.6 Å². The average Bonchev–Trinajstić information content (AvgIpc) is 2.96. The molecule has 7 nitrogen and oxygen atoms in total. The molecule has 10 heteroatoms. The van der Waals surface area contributed by atoms with Crippen LogP contribution in [0.1, 0.15) is 43.7 Å². The fraction of sp³-hybridized carbons (Fsp3) is 0.385. The molecule has 0 unspecified atom stereocenters. The van der Waals surface area contributed by atoms with Crippen LogP contribution in [0.4, 0.5) is 18.9 Å². The smallest absolute Gasteiger partial charge is 0.356 e. The van der Waals surface area contributed by atoms with E-state index in [1.54, 1.807) is 31.3 Å². The number of anilines is 1. The van der Waals surface area contributed by atoms with Crippen LogP contribution in [-0.4, -0.2) is 49.4 Å². The topological polar surface area (TPSA) is 90.9 Å². The number of halogens is 3. The second-order valence-electron chi connectivity index (χ2n) is 8.57. The van der Waals surface area contributed by atoms with Crippen molar-refractivity contribution in [2.24, 2.45) is 10.9 Å². The Morgan fingerprint density at radius 1 is 1.08 bits per heavy atom. The van der Waals surface area contributed by atoms with Gasteiger partial charge < -0.3 is 15.5 Å². The van der Waals surface area contributed by atoms with Crippen LogP contribution in [0.2, 0.25) is 0 Å². The molecule has 0 saturated heterocycles. The highest BCUT2D eigenvalue weighted by atomic mass is 19.4. The number of likely N-dealkylation sites (N-methyl/N-ethyl adjacent to an activating group) is 1. The second kappa shape index (κ2) is 11.8. The molecule has 3 amide bonds. The molecule has 0 spiro atoms. The molecule has 2 aromatic rings. The van der Waals surface area contributed by atoms with Gasteiger partial charge in [0.1, 0.15) is 0 Å². The summed E-state index contributed by atoms with van der Waals surface area (Å²) in [6, 6.07) is 16.2. The number of hydrogen-bond donors (Lipinski definition) is 2. The van der Waals surface area contributed by atoms with Gasteiger partial charge in [-0.05, 0) is 18.9 Å². The van der Waals surface area contributed by atoms with Gasteiger partial charge in [0.2, 0.25) is 18.0 Å². The number of carbonyl (C=O) groups is 3. The predicted molar refractivity (Wildman–Crippen MR) is 131 cm³/mol. The summed E-state index contributed by atoms with van der Waals surface area (Å²) >= 11 is 0. The maximum absolute atomic E-state index is 13.3. The highest BCUT2D eigenvalue weighted by molar-refractivity contribution is 6.20. The molecule has 0 radical (unpaired) electrons. The first-order chi connectivity index (χ1) is 17.1. The van der Waals surface area contributed by atoms with Crippen molar-refractivity contribution in [1.82, 2.24) is 10.6 Å². The Morgan fingerprint density at radius 2 is 1.75 bits per heavy atom. The normalized spacial score (nSPS) is 16.5. The molecular weight excluding hydrogens is 473 g/mol. The standard InChI is InChI=1S/C26H29F3N4O3/c1-3-15-30-21(34)16-18(13-14-26(27,28)29)24(35)32-23-25(36)33(2)20-12-8-7-11-19(20)22(31-23)17-9-5-4-6-10-17/h4-12,18,23H,3,13-16H2,1-2H3,(H,30,34)(H,32,35)/t18-,23+/m0/s1. The Labute approximate surface area is 207 Å². The van der Waals surface area contributed by atoms with Crippen LogP contribution in [0, 0.1) is 5.92 Å². The first-order valence-electron chi connectivity index (χ1n) is 11.7. The highest BCUT2D eigenvalue weighted by Gasteiger charge is 2.35. The van der Waals surface area contributed by atoms with Crippen LogP contribution in [0.5, 0.6) is 0 Å². The molecule has 2 atom stereocenters. The molecule has 0 aliphatic carbocycles. The summed E-state index contributed by atoms with van der Waals surface area (Å²) in [6.45, 7) is 2.18. The minimum Gasteiger partial charge on any atom is -0.356 e. The fourth-order valence-electron chi connectivity index (χ4n) is 3.92. The van der Waals surface area contributed by atoms with E-state index in [9.17, 15) is 27.6 Å². The maximum Gasteiger partial charge on any atom is 0.389 e. The number of para-hydroxylation sites is 1. The lowest BCUT2D eigenvalue weighted by atomic mass is 9.97. The molecule has 0 bridgehead atoms. The number of aliphatic imine (C=N–C) groups is 1. The predicted octanol–water partition coefficient (Wildman–Crippen LogP) is 3.82. The van der Waals surface area contributed by atoms with Crippen LogP contribution in [0.15, 0.2) is 59.6 Å². The molecule has 36 heavy (non-hydrogen) atoms. The van der Waals surface area contributed by atoms with E-state index in [2.05, 4.69) is 15.6 Å². The fourth-order valence-corrected chi connectivity index (χ4v) is 3.92. The Morgan fingerprint density at radius 3 is 2.42 bits per heavy atom. The van der Waals surface area contributed by atoms with Gasteiger partial charge in [0.05, 0.1) is 11.4 Å². The Hall–Kier alpha value is -3.69. The molecule has 192 valence electrons. The van der Waals surface area contributed by atoms with Crippen LogP contribution >= 0.6 is 0 Å². The summed E-state index contributed by atoms with van der Waals surface area (Å²) in [5.74, 6) is -3.18. The highest BCUT2D eigenvalue weighted by Crippen LogP contribution is 2.28. The molecule has 3 rings (SSSR count). The lowest BCUT2D eigenvalue weighted by molar-refractivity contribution is -0.144. The monoisotopic (exact) mass is 502 g/mol. The first kappa shape index (κ1) is 26.9. The van der Waals surface area contributed by atoms with E-state index >= 15 is 0 Å². The minimum atomic E-state index is -4.49. The third-order valence-corrected chi connectivity index (χ3v) is 5.82. The number of carbonyl (C=O) groups excluding carboxylic acids is 3. The Bertz CT molecular complexity index is 1120.